The number of nitrogens with one attached hydrogen (secondary N) is 1. The first kappa shape index (κ1) is 43.7. The normalized spacial score (nSPS) is 15.2. The van der Waals surface area contributed by atoms with Crippen molar-refractivity contribution in [3.63, 3.8) is 0 Å². The van der Waals surface area contributed by atoms with Gasteiger partial charge in [0.05, 0.1) is 33.4 Å². The molecule has 0 spiro atoms. The van der Waals surface area contributed by atoms with Crippen molar-refractivity contribution in [2.75, 3.05) is 13.2 Å². The van der Waals surface area contributed by atoms with E-state index in [2.05, 4.69) is 137 Å². The lowest BCUT2D eigenvalue weighted by Crippen LogP contribution is -2.68. The van der Waals surface area contributed by atoms with Gasteiger partial charge >= 0.3 is 8.32 Å². The summed E-state index contributed by atoms with van der Waals surface area (Å²) in [5.41, 5.74) is 4.39. The third-order valence-electron chi connectivity index (χ3n) is 12.3. The number of carbonyl (C=O) groups is 1. The summed E-state index contributed by atoms with van der Waals surface area (Å²) in [6.07, 6.45) is 4.46. The molecule has 60 heavy (non-hydrogen) atoms. The van der Waals surface area contributed by atoms with Gasteiger partial charge in [-0.05, 0) is 111 Å². The highest BCUT2D eigenvalue weighted by Crippen LogP contribution is 2.41. The van der Waals surface area contributed by atoms with Gasteiger partial charge in [0.15, 0.2) is 8.32 Å². The number of nitrogens with zero attached hydrogens (tertiary/aromatic N) is 2. The molecule has 0 bridgehead atoms. The van der Waals surface area contributed by atoms with Gasteiger partial charge in [0.2, 0.25) is 5.78 Å². The number of ketones is 1. The maximum Gasteiger partial charge on any atom is 0.320 e. The number of aromatic nitrogens is 1. The lowest BCUT2D eigenvalue weighted by atomic mass is 9.92. The van der Waals surface area contributed by atoms with Crippen LogP contribution >= 0.6 is 15.9 Å². The third kappa shape index (κ3) is 8.33. The van der Waals surface area contributed by atoms with E-state index in [0.717, 1.165) is 26.9 Å². The number of allylic oxidation sites excluding steroid dienone is 2. The molecule has 0 saturated heterocycles. The number of carbonyl (C=O) groups excluding carboxylic acids is 1. The van der Waals surface area contributed by atoms with Crippen molar-refractivity contribution in [2.45, 2.75) is 95.4 Å². The smallest absolute Gasteiger partial charge is 0.320 e. The molecule has 7 rings (SSSR count). The quantitative estimate of drug-likeness (QED) is 0.118. The summed E-state index contributed by atoms with van der Waals surface area (Å²) in [7, 11) is -9.18. The van der Waals surface area contributed by atoms with Crippen LogP contribution in [0.5, 0.6) is 5.75 Å². The Bertz CT molecular complexity index is 2530. The molecule has 0 unspecified atom stereocenters. The molecule has 1 aromatic heterocycles. The van der Waals surface area contributed by atoms with Crippen molar-refractivity contribution in [3.8, 4) is 5.75 Å². The standard InChI is InChI=1S/C48H56BrN3O5SSi2/c1-33-20-23-37(24-21-33)58(54,55)52-31-35-26-27-50-41-30-42(46(53)45(52)44(35)41)51-36(32-56-59(8,9)47(2,3)4)28-34-22-25-43(40(49)29-34)57-60(48(5,6)7,38-16-12-10-13-17-38)39-18-14-11-15-19-39/h10-25,29-31,36,51H,26-28,32H2,1-9H3/t36-/m0/s1. The Morgan fingerprint density at radius 3 is 2.05 bits per heavy atom. The second-order valence-corrected chi connectivity index (χ2v) is 30.2. The third-order valence-corrected chi connectivity index (χ3v) is 24.0. The molecule has 0 amide bonds. The lowest BCUT2D eigenvalue weighted by Gasteiger charge is -2.43. The van der Waals surface area contributed by atoms with Crippen LogP contribution in [0.2, 0.25) is 23.2 Å². The minimum atomic E-state index is -4.08. The van der Waals surface area contributed by atoms with Crippen molar-refractivity contribution in [2.24, 2.45) is 4.99 Å². The van der Waals surface area contributed by atoms with Gasteiger partial charge in [-0.2, -0.15) is 0 Å². The van der Waals surface area contributed by atoms with Crippen LogP contribution in [0.1, 0.15) is 74.3 Å². The van der Waals surface area contributed by atoms with Crippen LogP contribution < -0.4 is 20.1 Å². The van der Waals surface area contributed by atoms with E-state index in [9.17, 15) is 13.2 Å². The predicted molar refractivity (Wildman–Crippen MR) is 252 cm³/mol. The molecule has 8 nitrogen and oxygen atoms in total. The first-order chi connectivity index (χ1) is 28.2. The summed E-state index contributed by atoms with van der Waals surface area (Å²) in [4.78, 5) is 19.6. The van der Waals surface area contributed by atoms with Crippen LogP contribution in [0.4, 0.5) is 0 Å². The van der Waals surface area contributed by atoms with Gasteiger partial charge in [-0.3, -0.25) is 9.79 Å². The number of hydrogen-bond acceptors (Lipinski definition) is 7. The molecule has 4 aromatic carbocycles. The van der Waals surface area contributed by atoms with Crippen LogP contribution in [-0.4, -0.2) is 59.7 Å². The van der Waals surface area contributed by atoms with E-state index < -0.39 is 26.7 Å². The maximum atomic E-state index is 14.6. The molecule has 1 aliphatic carbocycles. The highest BCUT2D eigenvalue weighted by atomic mass is 79.9. The van der Waals surface area contributed by atoms with Gasteiger partial charge in [-0.15, -0.1) is 0 Å². The van der Waals surface area contributed by atoms with Crippen molar-refractivity contribution in [1.29, 1.82) is 0 Å². The zero-order valence-electron chi connectivity index (χ0n) is 36.1. The number of halogens is 1. The van der Waals surface area contributed by atoms with Crippen LogP contribution in [0.3, 0.4) is 0 Å². The average molecular weight is 923 g/mol. The number of hydrogen-bond donors (Lipinski definition) is 1. The van der Waals surface area contributed by atoms with E-state index in [1.54, 1.807) is 36.5 Å². The molecule has 12 heteroatoms. The monoisotopic (exact) mass is 921 g/mol. The van der Waals surface area contributed by atoms with E-state index >= 15 is 0 Å². The van der Waals surface area contributed by atoms with Crippen LogP contribution in [-0.2, 0) is 27.3 Å². The van der Waals surface area contributed by atoms with Crippen LogP contribution in [0, 0.1) is 6.92 Å². The largest absolute Gasteiger partial charge is 0.533 e. The molecule has 1 aliphatic heterocycles. The van der Waals surface area contributed by atoms with Crippen molar-refractivity contribution >= 4 is 64.5 Å². The molecular formula is C48H56BrN3O5SSi2. The minimum Gasteiger partial charge on any atom is -0.533 e. The highest BCUT2D eigenvalue weighted by Gasteiger charge is 2.52. The topological polar surface area (TPSA) is 99.0 Å². The molecule has 1 N–H and O–H groups in total. The van der Waals surface area contributed by atoms with Gasteiger partial charge in [-0.25, -0.2) is 12.4 Å². The summed E-state index contributed by atoms with van der Waals surface area (Å²) in [6, 6.07) is 33.8. The molecule has 0 saturated carbocycles. The van der Waals surface area contributed by atoms with E-state index in [1.165, 1.54) is 14.3 Å². The zero-order valence-corrected chi connectivity index (χ0v) is 40.5. The SMILES string of the molecule is Cc1ccc(S(=O)(=O)n2cc3c4c2C(=O)C(N[C@H](CO[Si](C)(C)C(C)(C)C)Cc2ccc(O[Si](c5ccccc5)(c5ccccc5)C(C)(C)C)c(Br)c2)=CC4=NCC3)cc1. The van der Waals surface area contributed by atoms with Crippen LogP contribution in [0.25, 0.3) is 0 Å². The Balaban J connectivity index is 1.23. The maximum absolute atomic E-state index is 14.6. The second-order valence-electron chi connectivity index (χ2n) is 18.5. The van der Waals surface area contributed by atoms with Gasteiger partial charge in [0.1, 0.15) is 11.4 Å². The lowest BCUT2D eigenvalue weighted by molar-refractivity contribution is 0.101. The number of aliphatic imine (C=N–C) groups is 1. The summed E-state index contributed by atoms with van der Waals surface area (Å²) >= 11 is 3.91. The average Bonchev–Trinajstić information content (AvgIpc) is 3.61. The fourth-order valence-corrected chi connectivity index (χ4v) is 15.4. The molecule has 1 atom stereocenters. The fourth-order valence-electron chi connectivity index (χ4n) is 7.92. The predicted octanol–water partition coefficient (Wildman–Crippen LogP) is 9.38. The fraction of sp³-hybridized carbons (Fsp3) is 0.333. The molecule has 2 aliphatic rings. The number of aryl methyl sites for hydroxylation is 1. The minimum absolute atomic E-state index is 0.0340. The summed E-state index contributed by atoms with van der Waals surface area (Å²) < 4.78 is 44.5. The van der Waals surface area contributed by atoms with E-state index in [0.29, 0.717) is 43.0 Å². The van der Waals surface area contributed by atoms with E-state index in [-0.39, 0.29) is 32.5 Å². The first-order valence-corrected chi connectivity index (χ1v) is 27.6. The second kappa shape index (κ2) is 16.5. The molecule has 2 heterocycles. The van der Waals surface area contributed by atoms with Crippen molar-refractivity contribution in [3.05, 3.63) is 154 Å². The summed E-state index contributed by atoms with van der Waals surface area (Å²) in [6.45, 7) is 20.6. The van der Waals surface area contributed by atoms with Gasteiger partial charge in [0.25, 0.3) is 10.0 Å². The van der Waals surface area contributed by atoms with Crippen molar-refractivity contribution in [1.82, 2.24) is 9.29 Å². The summed E-state index contributed by atoms with van der Waals surface area (Å²) in [5, 5.41) is 5.68. The Morgan fingerprint density at radius 1 is 0.867 bits per heavy atom. The van der Waals surface area contributed by atoms with Gasteiger partial charge in [0, 0.05) is 18.3 Å². The van der Waals surface area contributed by atoms with Gasteiger partial charge < -0.3 is 14.2 Å². The molecular weight excluding hydrogens is 867 g/mol. The first-order valence-electron chi connectivity index (χ1n) is 20.6. The highest BCUT2D eigenvalue weighted by molar-refractivity contribution is 9.10. The van der Waals surface area contributed by atoms with E-state index in [4.69, 9.17) is 13.8 Å². The molecule has 0 radical (unpaired) electrons. The molecule has 0 fully saturated rings. The molecule has 314 valence electrons. The van der Waals surface area contributed by atoms with E-state index in [1.807, 2.05) is 25.1 Å². The summed E-state index contributed by atoms with van der Waals surface area (Å²) in [5.74, 6) is 0.370. The Hall–Kier alpha value is -4.34. The Labute approximate surface area is 366 Å². The van der Waals surface area contributed by atoms with Crippen LogP contribution in [0.15, 0.2) is 135 Å². The van der Waals surface area contributed by atoms with Crippen molar-refractivity contribution < 1.29 is 22.1 Å². The van der Waals surface area contributed by atoms with Gasteiger partial charge in [-0.1, -0.05) is 126 Å². The molecule has 5 aromatic rings. The number of rotatable bonds is 13. The Kier molecular flexibility index (Phi) is 12.0. The zero-order chi connectivity index (χ0) is 43.3. The number of benzene rings is 4. The number of Topliss-reactive ketones (excluding diaryl/α,β-unsaturated/α-hetero) is 1. The Morgan fingerprint density at radius 2 is 1.48 bits per heavy atom.